The average Bonchev–Trinajstić information content (AvgIpc) is 2.73. The molecule has 1 heterocycles. The van der Waals surface area contributed by atoms with Crippen molar-refractivity contribution in [2.75, 3.05) is 5.73 Å². The van der Waals surface area contributed by atoms with Gasteiger partial charge in [-0.3, -0.25) is 0 Å². The van der Waals surface area contributed by atoms with Gasteiger partial charge in [0.15, 0.2) is 0 Å². The first kappa shape index (κ1) is 11.2. The Morgan fingerprint density at radius 3 is 2.62 bits per heavy atom. The van der Waals surface area contributed by atoms with Crippen LogP contribution < -0.4 is 11.1 Å². The Kier molecular flexibility index (Phi) is 3.59. The molecule has 0 spiro atoms. The number of nitrogens with two attached hydrogens (primary N) is 1. The molecule has 0 saturated carbocycles. The van der Waals surface area contributed by atoms with E-state index < -0.39 is 0 Å². The van der Waals surface area contributed by atoms with Crippen molar-refractivity contribution >= 4 is 17.0 Å². The van der Waals surface area contributed by atoms with E-state index in [0.717, 1.165) is 12.2 Å². The van der Waals surface area contributed by atoms with Gasteiger partial charge in [-0.05, 0) is 23.9 Å². The molecule has 0 aliphatic carbocycles. The molecule has 1 atom stereocenters. The fourth-order valence-corrected chi connectivity index (χ4v) is 2.35. The zero-order chi connectivity index (χ0) is 11.4. The van der Waals surface area contributed by atoms with E-state index >= 15 is 0 Å². The van der Waals surface area contributed by atoms with Crippen LogP contribution in [0.2, 0.25) is 0 Å². The summed E-state index contributed by atoms with van der Waals surface area (Å²) in [7, 11) is 0. The highest BCUT2D eigenvalue weighted by atomic mass is 32.1. The van der Waals surface area contributed by atoms with E-state index in [1.807, 2.05) is 17.5 Å². The fraction of sp³-hybridized carbons (Fsp3) is 0.231. The minimum Gasteiger partial charge on any atom is -0.398 e. The summed E-state index contributed by atoms with van der Waals surface area (Å²) in [5.74, 6) is 0. The van der Waals surface area contributed by atoms with Crippen molar-refractivity contribution in [1.29, 1.82) is 0 Å². The molecule has 84 valence electrons. The van der Waals surface area contributed by atoms with Crippen molar-refractivity contribution in [1.82, 2.24) is 5.32 Å². The lowest BCUT2D eigenvalue weighted by Crippen LogP contribution is -2.17. The summed E-state index contributed by atoms with van der Waals surface area (Å²) >= 11 is 1.70. The van der Waals surface area contributed by atoms with Gasteiger partial charge < -0.3 is 11.1 Å². The Morgan fingerprint density at radius 1 is 1.25 bits per heavy atom. The lowest BCUT2D eigenvalue weighted by Gasteiger charge is -2.13. The smallest absolute Gasteiger partial charge is 0.0468 e. The second kappa shape index (κ2) is 5.14. The van der Waals surface area contributed by atoms with Gasteiger partial charge in [0, 0.05) is 23.2 Å². The van der Waals surface area contributed by atoms with Crippen LogP contribution in [0.3, 0.4) is 0 Å². The quantitative estimate of drug-likeness (QED) is 0.849. The Hall–Kier alpha value is -1.32. The number of rotatable bonds is 4. The third kappa shape index (κ3) is 2.62. The molecule has 2 rings (SSSR count). The Labute approximate surface area is 100 Å². The molecule has 2 nitrogen and oxygen atoms in total. The lowest BCUT2D eigenvalue weighted by molar-refractivity contribution is 0.579. The predicted octanol–water partition coefficient (Wildman–Crippen LogP) is 3.18. The van der Waals surface area contributed by atoms with Gasteiger partial charge in [0.25, 0.3) is 0 Å². The van der Waals surface area contributed by atoms with Crippen LogP contribution in [0.5, 0.6) is 0 Å². The maximum Gasteiger partial charge on any atom is 0.0468 e. The van der Waals surface area contributed by atoms with Crippen LogP contribution in [0.4, 0.5) is 5.69 Å². The lowest BCUT2D eigenvalue weighted by atomic mass is 10.1. The van der Waals surface area contributed by atoms with Crippen LogP contribution >= 0.6 is 11.3 Å². The van der Waals surface area contributed by atoms with Gasteiger partial charge in [-0.15, -0.1) is 11.3 Å². The van der Waals surface area contributed by atoms with E-state index in [4.69, 9.17) is 5.73 Å². The van der Waals surface area contributed by atoms with Crippen molar-refractivity contribution in [3.05, 3.63) is 52.2 Å². The first-order valence-electron chi connectivity index (χ1n) is 5.37. The first-order chi connectivity index (χ1) is 7.77. The summed E-state index contributed by atoms with van der Waals surface area (Å²) in [6.07, 6.45) is 0. The summed E-state index contributed by atoms with van der Waals surface area (Å²) < 4.78 is 0. The largest absolute Gasteiger partial charge is 0.398 e. The maximum atomic E-state index is 5.84. The van der Waals surface area contributed by atoms with Gasteiger partial charge in [0.05, 0.1) is 0 Å². The molecule has 1 unspecified atom stereocenters. The highest BCUT2D eigenvalue weighted by Crippen LogP contribution is 2.20. The molecule has 16 heavy (non-hydrogen) atoms. The summed E-state index contributed by atoms with van der Waals surface area (Å²) in [6, 6.07) is 12.7. The van der Waals surface area contributed by atoms with E-state index in [-0.39, 0.29) is 0 Å². The van der Waals surface area contributed by atoms with Crippen molar-refractivity contribution in [2.24, 2.45) is 0 Å². The number of benzene rings is 1. The monoisotopic (exact) mass is 232 g/mol. The van der Waals surface area contributed by atoms with Gasteiger partial charge in [-0.1, -0.05) is 30.3 Å². The van der Waals surface area contributed by atoms with Crippen LogP contribution in [0, 0.1) is 0 Å². The summed E-state index contributed by atoms with van der Waals surface area (Å²) in [5, 5.41) is 5.50. The summed E-state index contributed by atoms with van der Waals surface area (Å²) in [4.78, 5) is 1.21. The van der Waals surface area contributed by atoms with Crippen molar-refractivity contribution in [3.63, 3.8) is 0 Å². The molecule has 1 aromatic carbocycles. The first-order valence-corrected chi connectivity index (χ1v) is 6.25. The van der Waals surface area contributed by atoms with E-state index in [9.17, 15) is 0 Å². The van der Waals surface area contributed by atoms with E-state index in [0.29, 0.717) is 6.04 Å². The van der Waals surface area contributed by atoms with Gasteiger partial charge in [-0.2, -0.15) is 0 Å². The Balaban J connectivity index is 1.94. The number of hydrogen-bond donors (Lipinski definition) is 2. The average molecular weight is 232 g/mol. The minimum absolute atomic E-state index is 0.350. The Morgan fingerprint density at radius 2 is 2.00 bits per heavy atom. The summed E-state index contributed by atoms with van der Waals surface area (Å²) in [5.41, 5.74) is 8.03. The summed E-state index contributed by atoms with van der Waals surface area (Å²) in [6.45, 7) is 3.00. The van der Waals surface area contributed by atoms with Crippen molar-refractivity contribution in [3.8, 4) is 0 Å². The molecule has 0 fully saturated rings. The maximum absolute atomic E-state index is 5.84. The van der Waals surface area contributed by atoms with Gasteiger partial charge in [0.1, 0.15) is 0 Å². The molecule has 1 aromatic heterocycles. The van der Waals surface area contributed by atoms with Crippen LogP contribution in [0.1, 0.15) is 23.4 Å². The third-order valence-electron chi connectivity index (χ3n) is 2.65. The molecule has 0 bridgehead atoms. The number of nitrogen functional groups attached to an aromatic ring is 1. The standard InChI is InChI=1S/C13H16N2S/c1-10(11-5-3-2-4-6-11)15-9-13-12(14)7-8-16-13/h2-8,10,15H,9,14H2,1H3. The normalized spacial score (nSPS) is 12.6. The molecule has 0 aliphatic heterocycles. The number of anilines is 1. The molecule has 3 heteroatoms. The van der Waals surface area contributed by atoms with Crippen LogP contribution in [-0.2, 0) is 6.54 Å². The molecule has 2 aromatic rings. The molecular weight excluding hydrogens is 216 g/mol. The minimum atomic E-state index is 0.350. The van der Waals surface area contributed by atoms with Gasteiger partial charge >= 0.3 is 0 Å². The molecule has 0 aliphatic rings. The van der Waals surface area contributed by atoms with Crippen molar-refractivity contribution in [2.45, 2.75) is 19.5 Å². The second-order valence-corrected chi connectivity index (χ2v) is 4.81. The van der Waals surface area contributed by atoms with Crippen LogP contribution in [0.25, 0.3) is 0 Å². The Bertz CT molecular complexity index is 436. The zero-order valence-corrected chi connectivity index (χ0v) is 10.1. The third-order valence-corrected chi connectivity index (χ3v) is 3.58. The van der Waals surface area contributed by atoms with Crippen LogP contribution in [-0.4, -0.2) is 0 Å². The molecule has 0 radical (unpaired) electrons. The predicted molar refractivity (Wildman–Crippen MR) is 70.4 cm³/mol. The molecule has 0 saturated heterocycles. The van der Waals surface area contributed by atoms with Gasteiger partial charge in [-0.25, -0.2) is 0 Å². The molecule has 0 amide bonds. The van der Waals surface area contributed by atoms with E-state index in [1.165, 1.54) is 10.4 Å². The van der Waals surface area contributed by atoms with Gasteiger partial charge in [0.2, 0.25) is 0 Å². The zero-order valence-electron chi connectivity index (χ0n) is 9.31. The number of hydrogen-bond acceptors (Lipinski definition) is 3. The van der Waals surface area contributed by atoms with E-state index in [2.05, 4.69) is 36.5 Å². The van der Waals surface area contributed by atoms with Crippen LogP contribution in [0.15, 0.2) is 41.8 Å². The number of thiophene rings is 1. The molecular formula is C13H16N2S. The molecule has 3 N–H and O–H groups in total. The highest BCUT2D eigenvalue weighted by molar-refractivity contribution is 7.10. The topological polar surface area (TPSA) is 38.0 Å². The fourth-order valence-electron chi connectivity index (χ4n) is 1.60. The highest BCUT2D eigenvalue weighted by Gasteiger charge is 2.05. The second-order valence-electron chi connectivity index (χ2n) is 3.81. The number of nitrogens with one attached hydrogen (secondary N) is 1. The van der Waals surface area contributed by atoms with Crippen molar-refractivity contribution < 1.29 is 0 Å². The SMILES string of the molecule is CC(NCc1sccc1N)c1ccccc1. The van der Waals surface area contributed by atoms with E-state index in [1.54, 1.807) is 11.3 Å².